The third kappa shape index (κ3) is 2.02. The molecule has 13 heavy (non-hydrogen) atoms. The number of likely N-dealkylation sites (tertiary alicyclic amines) is 1. The van der Waals surface area contributed by atoms with Gasteiger partial charge in [-0.25, -0.2) is 0 Å². The molecule has 1 fully saturated rings. The summed E-state index contributed by atoms with van der Waals surface area (Å²) in [6, 6.07) is 0.286. The fraction of sp³-hybridized carbons (Fsp3) is 0.900. The van der Waals surface area contributed by atoms with E-state index in [1.54, 1.807) is 4.90 Å². The molecule has 76 valence electrons. The normalized spacial score (nSPS) is 30.6. The Morgan fingerprint density at radius 3 is 2.62 bits per heavy atom. The maximum Gasteiger partial charge on any atom is 0.251 e. The van der Waals surface area contributed by atoms with Gasteiger partial charge in [0.1, 0.15) is 6.10 Å². The maximum atomic E-state index is 11.6. The second-order valence-corrected chi connectivity index (χ2v) is 3.96. The number of carbonyl (C=O) groups is 1. The van der Waals surface area contributed by atoms with Crippen molar-refractivity contribution in [1.82, 2.24) is 4.90 Å². The second-order valence-electron chi connectivity index (χ2n) is 3.96. The Bertz CT molecular complexity index is 193. The summed E-state index contributed by atoms with van der Waals surface area (Å²) >= 11 is 0. The highest BCUT2D eigenvalue weighted by atomic mass is 16.3. The van der Waals surface area contributed by atoms with E-state index < -0.39 is 6.10 Å². The van der Waals surface area contributed by atoms with E-state index in [0.29, 0.717) is 12.3 Å². The van der Waals surface area contributed by atoms with Gasteiger partial charge in [0, 0.05) is 12.6 Å². The molecule has 1 aliphatic rings. The predicted molar refractivity (Wildman–Crippen MR) is 51.3 cm³/mol. The van der Waals surface area contributed by atoms with Crippen LogP contribution in [0.1, 0.15) is 33.6 Å². The van der Waals surface area contributed by atoms with Gasteiger partial charge in [0.2, 0.25) is 0 Å². The Morgan fingerprint density at radius 2 is 2.23 bits per heavy atom. The van der Waals surface area contributed by atoms with Crippen LogP contribution in [0.4, 0.5) is 0 Å². The molecule has 3 atom stereocenters. The van der Waals surface area contributed by atoms with Gasteiger partial charge in [0.15, 0.2) is 0 Å². The summed E-state index contributed by atoms with van der Waals surface area (Å²) in [7, 11) is 0. The van der Waals surface area contributed by atoms with E-state index in [-0.39, 0.29) is 11.9 Å². The number of carbonyl (C=O) groups excluding carboxylic acids is 1. The number of aliphatic hydroxyl groups is 1. The van der Waals surface area contributed by atoms with E-state index in [0.717, 1.165) is 13.0 Å². The van der Waals surface area contributed by atoms with Crippen molar-refractivity contribution in [3.63, 3.8) is 0 Å². The molecule has 3 heteroatoms. The Balaban J connectivity index is 2.58. The third-order valence-corrected chi connectivity index (χ3v) is 3.10. The number of amides is 1. The van der Waals surface area contributed by atoms with Crippen LogP contribution < -0.4 is 0 Å². The Morgan fingerprint density at radius 1 is 1.62 bits per heavy atom. The zero-order valence-electron chi connectivity index (χ0n) is 8.66. The summed E-state index contributed by atoms with van der Waals surface area (Å²) in [6.45, 7) is 6.83. The van der Waals surface area contributed by atoms with E-state index in [4.69, 9.17) is 0 Å². The molecule has 1 saturated heterocycles. The van der Waals surface area contributed by atoms with Crippen molar-refractivity contribution in [2.24, 2.45) is 5.92 Å². The fourth-order valence-corrected chi connectivity index (χ4v) is 1.77. The van der Waals surface area contributed by atoms with Crippen molar-refractivity contribution >= 4 is 5.91 Å². The van der Waals surface area contributed by atoms with Crippen molar-refractivity contribution in [3.8, 4) is 0 Å². The van der Waals surface area contributed by atoms with Gasteiger partial charge in [-0.3, -0.25) is 4.79 Å². The van der Waals surface area contributed by atoms with E-state index in [9.17, 15) is 9.90 Å². The van der Waals surface area contributed by atoms with Gasteiger partial charge in [-0.2, -0.15) is 0 Å². The topological polar surface area (TPSA) is 40.5 Å². The van der Waals surface area contributed by atoms with Crippen LogP contribution in [0.2, 0.25) is 0 Å². The molecule has 0 spiro atoms. The molecular formula is C10H19NO2. The van der Waals surface area contributed by atoms with Crippen LogP contribution in [-0.2, 0) is 4.79 Å². The van der Waals surface area contributed by atoms with Crippen molar-refractivity contribution in [2.45, 2.75) is 45.8 Å². The second kappa shape index (κ2) is 4.09. The molecule has 0 aliphatic carbocycles. The van der Waals surface area contributed by atoms with Crippen LogP contribution in [-0.4, -0.2) is 34.6 Å². The number of nitrogens with zero attached hydrogens (tertiary/aromatic N) is 1. The fourth-order valence-electron chi connectivity index (χ4n) is 1.77. The Kier molecular flexibility index (Phi) is 3.31. The zero-order chi connectivity index (χ0) is 10.0. The molecule has 1 rings (SSSR count). The van der Waals surface area contributed by atoms with Crippen molar-refractivity contribution in [3.05, 3.63) is 0 Å². The molecule has 1 aliphatic heterocycles. The highest BCUT2D eigenvalue weighted by Crippen LogP contribution is 2.24. The molecule has 3 unspecified atom stereocenters. The number of rotatable bonds is 2. The smallest absolute Gasteiger partial charge is 0.251 e. The molecule has 0 saturated carbocycles. The summed E-state index contributed by atoms with van der Waals surface area (Å²) in [5.74, 6) is 0.465. The standard InChI is InChI=1S/C10H19NO2/c1-4-9(12)10(13)11-6-5-7(2)8(11)3/h7-9,12H,4-6H2,1-3H3. The van der Waals surface area contributed by atoms with Gasteiger partial charge in [-0.1, -0.05) is 13.8 Å². The van der Waals surface area contributed by atoms with Crippen LogP contribution in [0.3, 0.4) is 0 Å². The molecule has 0 aromatic heterocycles. The third-order valence-electron chi connectivity index (χ3n) is 3.10. The lowest BCUT2D eigenvalue weighted by molar-refractivity contribution is -0.141. The van der Waals surface area contributed by atoms with Crippen LogP contribution in [0.5, 0.6) is 0 Å². The van der Waals surface area contributed by atoms with E-state index in [1.165, 1.54) is 0 Å². The first kappa shape index (κ1) is 10.5. The summed E-state index contributed by atoms with van der Waals surface area (Å²) in [4.78, 5) is 13.4. The number of aliphatic hydroxyl groups excluding tert-OH is 1. The first-order valence-electron chi connectivity index (χ1n) is 5.06. The molecule has 1 heterocycles. The van der Waals surface area contributed by atoms with Gasteiger partial charge in [0.05, 0.1) is 0 Å². The minimum Gasteiger partial charge on any atom is -0.383 e. The summed E-state index contributed by atoms with van der Waals surface area (Å²) in [5.41, 5.74) is 0. The highest BCUT2D eigenvalue weighted by Gasteiger charge is 2.33. The molecule has 0 aromatic rings. The first-order valence-corrected chi connectivity index (χ1v) is 5.06. The summed E-state index contributed by atoms with van der Waals surface area (Å²) in [6.07, 6.45) is 0.771. The average Bonchev–Trinajstić information content (AvgIpc) is 2.45. The largest absolute Gasteiger partial charge is 0.383 e. The van der Waals surface area contributed by atoms with Gasteiger partial charge in [0.25, 0.3) is 5.91 Å². The number of hydrogen-bond acceptors (Lipinski definition) is 2. The SMILES string of the molecule is CCC(O)C(=O)N1CCC(C)C1C. The van der Waals surface area contributed by atoms with Crippen LogP contribution in [0.25, 0.3) is 0 Å². The van der Waals surface area contributed by atoms with Crippen LogP contribution in [0.15, 0.2) is 0 Å². The minimum atomic E-state index is -0.798. The van der Waals surface area contributed by atoms with Gasteiger partial charge in [-0.05, 0) is 25.7 Å². The quantitative estimate of drug-likeness (QED) is 0.697. The molecule has 0 radical (unpaired) electrons. The molecular weight excluding hydrogens is 166 g/mol. The summed E-state index contributed by atoms with van der Waals surface area (Å²) in [5, 5.41) is 9.40. The monoisotopic (exact) mass is 185 g/mol. The summed E-state index contributed by atoms with van der Waals surface area (Å²) < 4.78 is 0. The maximum absolute atomic E-state index is 11.6. The number of hydrogen-bond donors (Lipinski definition) is 1. The lowest BCUT2D eigenvalue weighted by Crippen LogP contribution is -2.41. The Labute approximate surface area is 79.7 Å². The lowest BCUT2D eigenvalue weighted by atomic mass is 10.1. The highest BCUT2D eigenvalue weighted by molar-refractivity contribution is 5.81. The van der Waals surface area contributed by atoms with Crippen LogP contribution in [0, 0.1) is 5.92 Å². The van der Waals surface area contributed by atoms with Gasteiger partial charge < -0.3 is 10.0 Å². The minimum absolute atomic E-state index is 0.0978. The van der Waals surface area contributed by atoms with E-state index >= 15 is 0 Å². The Hall–Kier alpha value is -0.570. The molecule has 0 aromatic carbocycles. The lowest BCUT2D eigenvalue weighted by Gasteiger charge is -2.25. The zero-order valence-corrected chi connectivity index (χ0v) is 8.66. The predicted octanol–water partition coefficient (Wildman–Crippen LogP) is 1.01. The average molecular weight is 185 g/mol. The van der Waals surface area contributed by atoms with Crippen molar-refractivity contribution < 1.29 is 9.90 Å². The molecule has 1 N–H and O–H groups in total. The molecule has 3 nitrogen and oxygen atoms in total. The molecule has 0 bridgehead atoms. The van der Waals surface area contributed by atoms with Crippen molar-refractivity contribution in [2.75, 3.05) is 6.54 Å². The van der Waals surface area contributed by atoms with Crippen LogP contribution >= 0.6 is 0 Å². The van der Waals surface area contributed by atoms with Gasteiger partial charge >= 0.3 is 0 Å². The van der Waals surface area contributed by atoms with E-state index in [2.05, 4.69) is 13.8 Å². The molecule has 1 amide bonds. The van der Waals surface area contributed by atoms with E-state index in [1.807, 2.05) is 6.92 Å². The van der Waals surface area contributed by atoms with Crippen molar-refractivity contribution in [1.29, 1.82) is 0 Å². The first-order chi connectivity index (χ1) is 6.07. The van der Waals surface area contributed by atoms with Gasteiger partial charge in [-0.15, -0.1) is 0 Å².